The smallest absolute Gasteiger partial charge is 0.260 e. The van der Waals surface area contributed by atoms with Gasteiger partial charge in [0.25, 0.3) is 5.91 Å². The van der Waals surface area contributed by atoms with Gasteiger partial charge >= 0.3 is 0 Å². The number of rotatable bonds is 1. The topological polar surface area (TPSA) is 37.4 Å². The van der Waals surface area contributed by atoms with E-state index < -0.39 is 0 Å². The van der Waals surface area contributed by atoms with Gasteiger partial charge in [0.05, 0.1) is 0 Å². The first-order valence-corrected chi connectivity index (χ1v) is 4.19. The summed E-state index contributed by atoms with van der Waals surface area (Å²) >= 11 is 0. The lowest BCUT2D eigenvalue weighted by atomic mass is 10.1. The van der Waals surface area contributed by atoms with Gasteiger partial charge in [-0.05, 0) is 12.1 Å². The summed E-state index contributed by atoms with van der Waals surface area (Å²) in [6.07, 6.45) is 0.499. The van der Waals surface area contributed by atoms with Crippen LogP contribution in [0, 0.1) is 0 Å². The molecule has 0 spiro atoms. The van der Waals surface area contributed by atoms with Gasteiger partial charge in [0.2, 0.25) is 5.91 Å². The lowest BCUT2D eigenvalue weighted by molar-refractivity contribution is -0.135. The second-order valence-corrected chi connectivity index (χ2v) is 2.97. The molecule has 3 heteroatoms. The number of hydrogen-bond donors (Lipinski definition) is 0. The van der Waals surface area contributed by atoms with Crippen LogP contribution in [-0.2, 0) is 4.79 Å². The fourth-order valence-corrected chi connectivity index (χ4v) is 1.27. The normalized spacial score (nSPS) is 15.4. The maximum atomic E-state index is 11.5. The molecule has 0 N–H and O–H groups in total. The van der Waals surface area contributed by atoms with Gasteiger partial charge in [-0.2, -0.15) is 0 Å². The van der Waals surface area contributed by atoms with Crippen LogP contribution >= 0.6 is 0 Å². The molecule has 0 bridgehead atoms. The Balaban J connectivity index is 2.18. The summed E-state index contributed by atoms with van der Waals surface area (Å²) in [7, 11) is 0. The largest absolute Gasteiger partial charge is 0.278 e. The van der Waals surface area contributed by atoms with Gasteiger partial charge in [0.1, 0.15) is 0 Å². The Kier molecular flexibility index (Phi) is 1.85. The second-order valence-electron chi connectivity index (χ2n) is 2.97. The SMILES string of the molecule is O=C1CCN1C(=O)c1ccccc1. The molecule has 13 heavy (non-hydrogen) atoms. The minimum Gasteiger partial charge on any atom is -0.278 e. The zero-order chi connectivity index (χ0) is 9.26. The molecule has 1 fully saturated rings. The van der Waals surface area contributed by atoms with Crippen LogP contribution in [0.15, 0.2) is 30.3 Å². The van der Waals surface area contributed by atoms with Gasteiger partial charge in [0.15, 0.2) is 0 Å². The van der Waals surface area contributed by atoms with Gasteiger partial charge in [0, 0.05) is 18.5 Å². The van der Waals surface area contributed by atoms with Crippen LogP contribution < -0.4 is 0 Å². The molecular formula is C10H9NO2. The van der Waals surface area contributed by atoms with E-state index in [1.54, 1.807) is 24.3 Å². The standard InChI is InChI=1S/C10H9NO2/c12-9-6-7-11(9)10(13)8-4-2-1-3-5-8/h1-5H,6-7H2. The number of benzene rings is 1. The number of amides is 2. The average molecular weight is 175 g/mol. The lowest BCUT2D eigenvalue weighted by Gasteiger charge is -2.28. The van der Waals surface area contributed by atoms with Crippen molar-refractivity contribution in [3.8, 4) is 0 Å². The summed E-state index contributed by atoms with van der Waals surface area (Å²) in [6, 6.07) is 8.85. The van der Waals surface area contributed by atoms with Crippen molar-refractivity contribution in [1.29, 1.82) is 0 Å². The first-order chi connectivity index (χ1) is 6.29. The van der Waals surface area contributed by atoms with Crippen LogP contribution in [0.25, 0.3) is 0 Å². The molecule has 0 aliphatic carbocycles. The summed E-state index contributed by atoms with van der Waals surface area (Å²) in [4.78, 5) is 23.8. The molecule has 0 unspecified atom stereocenters. The maximum absolute atomic E-state index is 11.5. The molecule has 66 valence electrons. The molecule has 0 aromatic heterocycles. The number of nitrogens with zero attached hydrogens (tertiary/aromatic N) is 1. The predicted octanol–water partition coefficient (Wildman–Crippen LogP) is 1.06. The minimum absolute atomic E-state index is 0.0751. The van der Waals surface area contributed by atoms with Crippen molar-refractivity contribution in [2.75, 3.05) is 6.54 Å². The van der Waals surface area contributed by atoms with Crippen molar-refractivity contribution < 1.29 is 9.59 Å². The number of β-lactam (4-membered cyclic amide) rings is 1. The van der Waals surface area contributed by atoms with Crippen LogP contribution in [0.4, 0.5) is 0 Å². The molecule has 2 amide bonds. The Morgan fingerprint density at radius 3 is 2.38 bits per heavy atom. The van der Waals surface area contributed by atoms with Crippen LogP contribution in [0.1, 0.15) is 16.8 Å². The first kappa shape index (κ1) is 7.98. The van der Waals surface area contributed by atoms with E-state index in [0.717, 1.165) is 0 Å². The third kappa shape index (κ3) is 1.33. The molecule has 2 rings (SSSR count). The first-order valence-electron chi connectivity index (χ1n) is 4.19. The third-order valence-electron chi connectivity index (χ3n) is 2.12. The van der Waals surface area contributed by atoms with Gasteiger partial charge in [-0.15, -0.1) is 0 Å². The highest BCUT2D eigenvalue weighted by atomic mass is 16.2. The Morgan fingerprint density at radius 2 is 1.92 bits per heavy atom. The molecule has 3 nitrogen and oxygen atoms in total. The zero-order valence-electron chi connectivity index (χ0n) is 7.06. The quantitative estimate of drug-likeness (QED) is 0.472. The molecule has 1 saturated heterocycles. The van der Waals surface area contributed by atoms with Crippen molar-refractivity contribution in [2.45, 2.75) is 6.42 Å². The highest BCUT2D eigenvalue weighted by molar-refractivity contribution is 6.07. The van der Waals surface area contributed by atoms with Crippen molar-refractivity contribution in [3.63, 3.8) is 0 Å². The monoisotopic (exact) mass is 175 g/mol. The average Bonchev–Trinajstić information content (AvgIpc) is 2.17. The Bertz CT molecular complexity index is 345. The molecule has 1 heterocycles. The lowest BCUT2D eigenvalue weighted by Crippen LogP contribution is -2.47. The summed E-state index contributed by atoms with van der Waals surface area (Å²) < 4.78 is 0. The van der Waals surface area contributed by atoms with E-state index in [2.05, 4.69) is 0 Å². The van der Waals surface area contributed by atoms with Crippen molar-refractivity contribution in [3.05, 3.63) is 35.9 Å². The van der Waals surface area contributed by atoms with Crippen LogP contribution in [0.3, 0.4) is 0 Å². The molecule has 1 aromatic carbocycles. The molecular weight excluding hydrogens is 166 g/mol. The van der Waals surface area contributed by atoms with Crippen LogP contribution in [0.2, 0.25) is 0 Å². The highest BCUT2D eigenvalue weighted by Crippen LogP contribution is 2.13. The molecule has 0 saturated carbocycles. The fraction of sp³-hybridized carbons (Fsp3) is 0.200. The number of imide groups is 1. The summed E-state index contributed by atoms with van der Waals surface area (Å²) in [5.74, 6) is -0.259. The number of likely N-dealkylation sites (tertiary alicyclic amines) is 1. The maximum Gasteiger partial charge on any atom is 0.260 e. The van der Waals surface area contributed by atoms with Gasteiger partial charge < -0.3 is 0 Å². The summed E-state index contributed by atoms with van der Waals surface area (Å²) in [5, 5.41) is 0. The highest BCUT2D eigenvalue weighted by Gasteiger charge is 2.30. The Morgan fingerprint density at radius 1 is 1.23 bits per heavy atom. The predicted molar refractivity (Wildman–Crippen MR) is 47.1 cm³/mol. The number of carbonyl (C=O) groups excluding carboxylic acids is 2. The van der Waals surface area contributed by atoms with E-state index in [9.17, 15) is 9.59 Å². The Hall–Kier alpha value is -1.64. The van der Waals surface area contributed by atoms with E-state index in [-0.39, 0.29) is 11.8 Å². The van der Waals surface area contributed by atoms with Crippen molar-refractivity contribution in [1.82, 2.24) is 4.90 Å². The minimum atomic E-state index is -0.183. The van der Waals surface area contributed by atoms with Gasteiger partial charge in [-0.1, -0.05) is 18.2 Å². The summed E-state index contributed by atoms with van der Waals surface area (Å²) in [6.45, 7) is 0.562. The van der Waals surface area contributed by atoms with E-state index >= 15 is 0 Å². The number of carbonyl (C=O) groups is 2. The molecule has 0 radical (unpaired) electrons. The third-order valence-corrected chi connectivity index (χ3v) is 2.12. The zero-order valence-corrected chi connectivity index (χ0v) is 7.06. The van der Waals surface area contributed by atoms with Crippen molar-refractivity contribution >= 4 is 11.8 Å². The second kappa shape index (κ2) is 3.01. The van der Waals surface area contributed by atoms with E-state index in [1.165, 1.54) is 4.90 Å². The molecule has 0 atom stereocenters. The molecule has 1 aliphatic rings. The van der Waals surface area contributed by atoms with Crippen LogP contribution in [0.5, 0.6) is 0 Å². The van der Waals surface area contributed by atoms with E-state index in [1.807, 2.05) is 6.07 Å². The van der Waals surface area contributed by atoms with Gasteiger partial charge in [-0.3, -0.25) is 14.5 Å². The van der Waals surface area contributed by atoms with Crippen LogP contribution in [-0.4, -0.2) is 23.3 Å². The van der Waals surface area contributed by atoms with Crippen molar-refractivity contribution in [2.24, 2.45) is 0 Å². The fourth-order valence-electron chi connectivity index (χ4n) is 1.27. The van der Waals surface area contributed by atoms with E-state index in [0.29, 0.717) is 18.5 Å². The molecule has 1 aliphatic heterocycles. The van der Waals surface area contributed by atoms with E-state index in [4.69, 9.17) is 0 Å². The van der Waals surface area contributed by atoms with Gasteiger partial charge in [-0.25, -0.2) is 0 Å². The number of hydrogen-bond acceptors (Lipinski definition) is 2. The summed E-state index contributed by atoms with van der Waals surface area (Å²) in [5.41, 5.74) is 0.579. The Labute approximate surface area is 76.0 Å². The molecule has 1 aromatic rings.